The number of benzene rings is 1. The van der Waals surface area contributed by atoms with E-state index in [0.29, 0.717) is 17.0 Å². The maximum atomic E-state index is 11.9. The second-order valence-corrected chi connectivity index (χ2v) is 4.21. The summed E-state index contributed by atoms with van der Waals surface area (Å²) < 4.78 is 1.96. The van der Waals surface area contributed by atoms with Crippen LogP contribution in [0.25, 0.3) is 0 Å². The Morgan fingerprint density at radius 2 is 2.18 bits per heavy atom. The summed E-state index contributed by atoms with van der Waals surface area (Å²) in [7, 11) is 0. The molecule has 0 N–H and O–H groups in total. The van der Waals surface area contributed by atoms with Gasteiger partial charge in [0.25, 0.3) is 0 Å². The summed E-state index contributed by atoms with van der Waals surface area (Å²) in [4.78, 5) is 15.8. The number of hydrogen-bond acceptors (Lipinski definition) is 2. The molecule has 0 aliphatic rings. The predicted octanol–water partition coefficient (Wildman–Crippen LogP) is 3.20. The standard InChI is InChI=1S/C13H13ClN2O/c14-12-5-2-1-4-11(12)13(17)6-3-8-16-9-7-15-10-16/h1-2,4-5,7,9-10H,3,6,8H2. The van der Waals surface area contributed by atoms with Gasteiger partial charge in [-0.05, 0) is 18.6 Å². The van der Waals surface area contributed by atoms with Gasteiger partial charge in [0.15, 0.2) is 5.78 Å². The number of ketones is 1. The van der Waals surface area contributed by atoms with Crippen LogP contribution in [-0.4, -0.2) is 15.3 Å². The summed E-state index contributed by atoms with van der Waals surface area (Å²) in [6.45, 7) is 0.802. The number of imidazole rings is 1. The van der Waals surface area contributed by atoms with E-state index >= 15 is 0 Å². The van der Waals surface area contributed by atoms with Crippen molar-refractivity contribution in [3.8, 4) is 0 Å². The molecular weight excluding hydrogens is 236 g/mol. The number of Topliss-reactive ketones (excluding diaryl/α,β-unsaturated/α-hetero) is 1. The third-order valence-electron chi connectivity index (χ3n) is 2.55. The molecule has 0 aliphatic heterocycles. The van der Waals surface area contributed by atoms with Crippen molar-refractivity contribution in [1.29, 1.82) is 0 Å². The Kier molecular flexibility index (Phi) is 3.94. The number of carbonyl (C=O) groups excluding carboxylic acids is 1. The fraction of sp³-hybridized carbons (Fsp3) is 0.231. The third-order valence-corrected chi connectivity index (χ3v) is 2.88. The van der Waals surface area contributed by atoms with Gasteiger partial charge in [-0.15, -0.1) is 0 Å². The Morgan fingerprint density at radius 3 is 2.88 bits per heavy atom. The number of carbonyl (C=O) groups is 1. The minimum atomic E-state index is 0.0933. The lowest BCUT2D eigenvalue weighted by Gasteiger charge is -2.04. The van der Waals surface area contributed by atoms with E-state index in [1.54, 1.807) is 24.7 Å². The maximum absolute atomic E-state index is 11.9. The zero-order chi connectivity index (χ0) is 12.1. The Bertz CT molecular complexity index is 494. The van der Waals surface area contributed by atoms with E-state index < -0.39 is 0 Å². The van der Waals surface area contributed by atoms with Crippen molar-refractivity contribution in [3.05, 3.63) is 53.6 Å². The van der Waals surface area contributed by atoms with Gasteiger partial charge >= 0.3 is 0 Å². The van der Waals surface area contributed by atoms with Crippen molar-refractivity contribution in [2.45, 2.75) is 19.4 Å². The summed E-state index contributed by atoms with van der Waals surface area (Å²) in [5.74, 6) is 0.0933. The number of aryl methyl sites for hydroxylation is 1. The number of halogens is 1. The Morgan fingerprint density at radius 1 is 1.35 bits per heavy atom. The lowest BCUT2D eigenvalue weighted by molar-refractivity contribution is 0.0978. The highest BCUT2D eigenvalue weighted by Gasteiger charge is 2.08. The van der Waals surface area contributed by atoms with Gasteiger partial charge in [-0.2, -0.15) is 0 Å². The van der Waals surface area contributed by atoms with Crippen LogP contribution < -0.4 is 0 Å². The molecule has 4 heteroatoms. The highest BCUT2D eigenvalue weighted by Crippen LogP contribution is 2.17. The molecule has 0 amide bonds. The molecule has 0 bridgehead atoms. The maximum Gasteiger partial charge on any atom is 0.164 e. The fourth-order valence-corrected chi connectivity index (χ4v) is 1.90. The lowest BCUT2D eigenvalue weighted by Crippen LogP contribution is -2.03. The number of nitrogens with zero attached hydrogens (tertiary/aromatic N) is 2. The highest BCUT2D eigenvalue weighted by molar-refractivity contribution is 6.33. The molecule has 88 valence electrons. The third kappa shape index (κ3) is 3.17. The molecule has 1 aromatic heterocycles. The van der Waals surface area contributed by atoms with Gasteiger partial charge in [0.2, 0.25) is 0 Å². The van der Waals surface area contributed by atoms with E-state index in [4.69, 9.17) is 11.6 Å². The normalized spacial score (nSPS) is 10.4. The predicted molar refractivity (Wildman–Crippen MR) is 67.2 cm³/mol. The molecule has 2 aromatic rings. The van der Waals surface area contributed by atoms with Gasteiger partial charge in [0.1, 0.15) is 0 Å². The summed E-state index contributed by atoms with van der Waals surface area (Å²) >= 11 is 5.96. The first kappa shape index (κ1) is 11.9. The molecule has 0 unspecified atom stereocenters. The van der Waals surface area contributed by atoms with Crippen LogP contribution in [0.1, 0.15) is 23.2 Å². The van der Waals surface area contributed by atoms with Crippen molar-refractivity contribution in [2.24, 2.45) is 0 Å². The molecule has 0 radical (unpaired) electrons. The summed E-state index contributed by atoms with van der Waals surface area (Å²) in [6, 6.07) is 7.16. The largest absolute Gasteiger partial charge is 0.337 e. The van der Waals surface area contributed by atoms with Gasteiger partial charge in [0.05, 0.1) is 11.3 Å². The molecule has 0 spiro atoms. The van der Waals surface area contributed by atoms with Crippen molar-refractivity contribution in [3.63, 3.8) is 0 Å². The lowest BCUT2D eigenvalue weighted by atomic mass is 10.1. The average molecular weight is 249 g/mol. The monoisotopic (exact) mass is 248 g/mol. The van der Waals surface area contributed by atoms with E-state index in [-0.39, 0.29) is 5.78 Å². The van der Waals surface area contributed by atoms with E-state index in [2.05, 4.69) is 4.98 Å². The van der Waals surface area contributed by atoms with E-state index in [9.17, 15) is 4.79 Å². The minimum Gasteiger partial charge on any atom is -0.337 e. The minimum absolute atomic E-state index is 0.0933. The Hall–Kier alpha value is -1.61. The molecule has 0 fully saturated rings. The molecular formula is C13H13ClN2O. The fourth-order valence-electron chi connectivity index (χ4n) is 1.66. The second-order valence-electron chi connectivity index (χ2n) is 3.81. The van der Waals surface area contributed by atoms with Crippen LogP contribution in [0.5, 0.6) is 0 Å². The molecule has 2 rings (SSSR count). The van der Waals surface area contributed by atoms with Crippen LogP contribution in [0.15, 0.2) is 43.0 Å². The topological polar surface area (TPSA) is 34.9 Å². The van der Waals surface area contributed by atoms with Crippen LogP contribution in [0.2, 0.25) is 5.02 Å². The van der Waals surface area contributed by atoms with Crippen LogP contribution in [0, 0.1) is 0 Å². The zero-order valence-electron chi connectivity index (χ0n) is 9.34. The zero-order valence-corrected chi connectivity index (χ0v) is 10.1. The molecule has 0 saturated carbocycles. The molecule has 17 heavy (non-hydrogen) atoms. The Balaban J connectivity index is 1.88. The summed E-state index contributed by atoms with van der Waals surface area (Å²) in [5.41, 5.74) is 0.611. The Labute approximate surface area is 105 Å². The smallest absolute Gasteiger partial charge is 0.164 e. The summed E-state index contributed by atoms with van der Waals surface area (Å²) in [5, 5.41) is 0.528. The molecule has 0 atom stereocenters. The van der Waals surface area contributed by atoms with Crippen LogP contribution >= 0.6 is 11.6 Å². The molecule has 3 nitrogen and oxygen atoms in total. The van der Waals surface area contributed by atoms with Crippen molar-refractivity contribution < 1.29 is 4.79 Å². The van der Waals surface area contributed by atoms with Gasteiger partial charge in [0, 0.05) is 30.9 Å². The number of rotatable bonds is 5. The second kappa shape index (κ2) is 5.64. The molecule has 0 saturated heterocycles. The average Bonchev–Trinajstić information content (AvgIpc) is 2.82. The molecule has 1 heterocycles. The van der Waals surface area contributed by atoms with E-state index in [1.807, 2.05) is 22.9 Å². The van der Waals surface area contributed by atoms with Gasteiger partial charge < -0.3 is 4.57 Å². The SMILES string of the molecule is O=C(CCCn1ccnc1)c1ccccc1Cl. The van der Waals surface area contributed by atoms with Gasteiger partial charge in [-0.25, -0.2) is 4.98 Å². The van der Waals surface area contributed by atoms with E-state index in [0.717, 1.165) is 13.0 Å². The first-order valence-corrected chi connectivity index (χ1v) is 5.88. The summed E-state index contributed by atoms with van der Waals surface area (Å²) in [6.07, 6.45) is 6.66. The van der Waals surface area contributed by atoms with Crippen molar-refractivity contribution in [1.82, 2.24) is 9.55 Å². The van der Waals surface area contributed by atoms with E-state index in [1.165, 1.54) is 0 Å². The van der Waals surface area contributed by atoms with Gasteiger partial charge in [-0.3, -0.25) is 4.79 Å². The molecule has 0 aliphatic carbocycles. The van der Waals surface area contributed by atoms with Crippen molar-refractivity contribution in [2.75, 3.05) is 0 Å². The molecule has 1 aromatic carbocycles. The number of aromatic nitrogens is 2. The van der Waals surface area contributed by atoms with Crippen LogP contribution in [0.4, 0.5) is 0 Å². The van der Waals surface area contributed by atoms with Gasteiger partial charge in [-0.1, -0.05) is 23.7 Å². The van der Waals surface area contributed by atoms with Crippen LogP contribution in [-0.2, 0) is 6.54 Å². The quantitative estimate of drug-likeness (QED) is 0.762. The highest BCUT2D eigenvalue weighted by atomic mass is 35.5. The first-order chi connectivity index (χ1) is 8.27. The first-order valence-electron chi connectivity index (χ1n) is 5.51. The van der Waals surface area contributed by atoms with Crippen LogP contribution in [0.3, 0.4) is 0 Å². The number of hydrogen-bond donors (Lipinski definition) is 0. The van der Waals surface area contributed by atoms with Crippen molar-refractivity contribution >= 4 is 17.4 Å².